The van der Waals surface area contributed by atoms with E-state index in [1.807, 2.05) is 12.1 Å². The Morgan fingerprint density at radius 2 is 2.00 bits per heavy atom. The van der Waals surface area contributed by atoms with Gasteiger partial charge < -0.3 is 9.84 Å². The standard InChI is InChI=1S/C16H12ClN3O3/c1-23-13-8-3-2-7-12(13)20-15(14(16(21)22)18-19-20)10-5-4-6-11(17)9-10/h2-9H,1H3,(H,21,22). The van der Waals surface area contributed by atoms with Gasteiger partial charge in [-0.1, -0.05) is 41.1 Å². The molecular weight excluding hydrogens is 318 g/mol. The fourth-order valence-electron chi connectivity index (χ4n) is 2.29. The highest BCUT2D eigenvalue weighted by molar-refractivity contribution is 6.30. The molecule has 2 aromatic carbocycles. The summed E-state index contributed by atoms with van der Waals surface area (Å²) in [5.74, 6) is -0.612. The van der Waals surface area contributed by atoms with Crippen LogP contribution in [0.15, 0.2) is 48.5 Å². The van der Waals surface area contributed by atoms with Gasteiger partial charge in [-0.05, 0) is 24.3 Å². The van der Waals surface area contributed by atoms with E-state index in [2.05, 4.69) is 10.3 Å². The third-order valence-electron chi connectivity index (χ3n) is 3.28. The van der Waals surface area contributed by atoms with E-state index in [-0.39, 0.29) is 5.69 Å². The molecular formula is C16H12ClN3O3. The summed E-state index contributed by atoms with van der Waals surface area (Å²) in [7, 11) is 1.53. The number of hydrogen-bond donors (Lipinski definition) is 1. The van der Waals surface area contributed by atoms with E-state index in [9.17, 15) is 9.90 Å². The summed E-state index contributed by atoms with van der Waals surface area (Å²) in [4.78, 5) is 11.5. The lowest BCUT2D eigenvalue weighted by atomic mass is 10.1. The molecule has 3 rings (SSSR count). The second-order valence-corrected chi connectivity index (χ2v) is 5.12. The van der Waals surface area contributed by atoms with Crippen LogP contribution in [0.3, 0.4) is 0 Å². The Bertz CT molecular complexity index is 877. The van der Waals surface area contributed by atoms with Crippen molar-refractivity contribution in [3.05, 3.63) is 59.2 Å². The number of carbonyl (C=O) groups is 1. The minimum Gasteiger partial charge on any atom is -0.494 e. The average molecular weight is 330 g/mol. The smallest absolute Gasteiger partial charge is 0.358 e. The SMILES string of the molecule is COc1ccccc1-n1nnc(C(=O)O)c1-c1cccc(Cl)c1. The minimum atomic E-state index is -1.17. The second-order valence-electron chi connectivity index (χ2n) is 4.69. The molecule has 0 atom stereocenters. The van der Waals surface area contributed by atoms with Gasteiger partial charge in [-0.15, -0.1) is 5.10 Å². The lowest BCUT2D eigenvalue weighted by Crippen LogP contribution is -2.04. The molecule has 0 bridgehead atoms. The van der Waals surface area contributed by atoms with Gasteiger partial charge in [-0.2, -0.15) is 0 Å². The quantitative estimate of drug-likeness (QED) is 0.794. The molecule has 0 aliphatic heterocycles. The fourth-order valence-corrected chi connectivity index (χ4v) is 2.48. The van der Waals surface area contributed by atoms with Crippen molar-refractivity contribution in [2.24, 2.45) is 0 Å². The molecule has 116 valence electrons. The van der Waals surface area contributed by atoms with E-state index < -0.39 is 5.97 Å². The van der Waals surface area contributed by atoms with Crippen LogP contribution in [-0.4, -0.2) is 33.2 Å². The number of benzene rings is 2. The lowest BCUT2D eigenvalue weighted by molar-refractivity contribution is 0.0691. The Morgan fingerprint density at radius 3 is 2.70 bits per heavy atom. The van der Waals surface area contributed by atoms with Gasteiger partial charge in [0.05, 0.1) is 7.11 Å². The molecule has 23 heavy (non-hydrogen) atoms. The number of aromatic carboxylic acids is 1. The highest BCUT2D eigenvalue weighted by Crippen LogP contribution is 2.30. The number of rotatable bonds is 4. The first-order valence-corrected chi connectivity index (χ1v) is 7.08. The Balaban J connectivity index is 2.29. The van der Waals surface area contributed by atoms with Crippen molar-refractivity contribution >= 4 is 17.6 Å². The van der Waals surface area contributed by atoms with Crippen LogP contribution in [0.1, 0.15) is 10.5 Å². The minimum absolute atomic E-state index is 0.154. The van der Waals surface area contributed by atoms with Gasteiger partial charge in [0.2, 0.25) is 0 Å². The van der Waals surface area contributed by atoms with Crippen LogP contribution in [0.4, 0.5) is 0 Å². The highest BCUT2D eigenvalue weighted by Gasteiger charge is 2.23. The van der Waals surface area contributed by atoms with Crippen LogP contribution in [0, 0.1) is 0 Å². The van der Waals surface area contributed by atoms with Crippen LogP contribution >= 0.6 is 11.6 Å². The number of para-hydroxylation sites is 2. The van der Waals surface area contributed by atoms with Gasteiger partial charge in [-0.3, -0.25) is 0 Å². The number of ether oxygens (including phenoxy) is 1. The second kappa shape index (κ2) is 6.10. The number of halogens is 1. The first-order valence-electron chi connectivity index (χ1n) is 6.70. The van der Waals surface area contributed by atoms with E-state index in [4.69, 9.17) is 16.3 Å². The largest absolute Gasteiger partial charge is 0.494 e. The molecule has 1 heterocycles. The molecule has 0 spiro atoms. The van der Waals surface area contributed by atoms with Gasteiger partial charge >= 0.3 is 5.97 Å². The Kier molecular flexibility index (Phi) is 3.99. The molecule has 1 aromatic heterocycles. The van der Waals surface area contributed by atoms with Gasteiger partial charge in [0.25, 0.3) is 0 Å². The summed E-state index contributed by atoms with van der Waals surface area (Å²) in [6.07, 6.45) is 0. The number of hydrogen-bond acceptors (Lipinski definition) is 4. The zero-order chi connectivity index (χ0) is 16.4. The predicted molar refractivity (Wildman–Crippen MR) is 85.3 cm³/mol. The van der Waals surface area contributed by atoms with Gasteiger partial charge in [-0.25, -0.2) is 9.48 Å². The molecule has 0 fully saturated rings. The number of carboxylic acid groups (broad SMARTS) is 1. The van der Waals surface area contributed by atoms with E-state index in [1.54, 1.807) is 36.4 Å². The normalized spacial score (nSPS) is 10.5. The molecule has 0 unspecified atom stereocenters. The van der Waals surface area contributed by atoms with Crippen molar-refractivity contribution in [1.29, 1.82) is 0 Å². The number of nitrogens with zero attached hydrogens (tertiary/aromatic N) is 3. The maximum Gasteiger partial charge on any atom is 0.358 e. The maximum atomic E-state index is 11.5. The Hall–Kier alpha value is -2.86. The molecule has 0 saturated heterocycles. The van der Waals surface area contributed by atoms with Gasteiger partial charge in [0.15, 0.2) is 5.69 Å². The predicted octanol–water partition coefficient (Wildman–Crippen LogP) is 3.29. The number of carboxylic acids is 1. The Morgan fingerprint density at radius 1 is 1.22 bits per heavy atom. The first-order chi connectivity index (χ1) is 11.1. The van der Waals surface area contributed by atoms with Crippen LogP contribution in [0.2, 0.25) is 5.02 Å². The third-order valence-corrected chi connectivity index (χ3v) is 3.52. The molecule has 0 saturated carbocycles. The summed E-state index contributed by atoms with van der Waals surface area (Å²) >= 11 is 6.03. The maximum absolute atomic E-state index is 11.5. The molecule has 0 amide bonds. The van der Waals surface area contributed by atoms with Crippen LogP contribution in [0.25, 0.3) is 16.9 Å². The van der Waals surface area contributed by atoms with Crippen molar-refractivity contribution in [2.75, 3.05) is 7.11 Å². The molecule has 7 heteroatoms. The van der Waals surface area contributed by atoms with Crippen molar-refractivity contribution in [3.63, 3.8) is 0 Å². The number of methoxy groups -OCH3 is 1. The van der Waals surface area contributed by atoms with E-state index in [0.29, 0.717) is 27.7 Å². The summed E-state index contributed by atoms with van der Waals surface area (Å²) in [5, 5.41) is 17.7. The number of aromatic nitrogens is 3. The fraction of sp³-hybridized carbons (Fsp3) is 0.0625. The zero-order valence-electron chi connectivity index (χ0n) is 12.1. The highest BCUT2D eigenvalue weighted by atomic mass is 35.5. The van der Waals surface area contributed by atoms with E-state index in [1.165, 1.54) is 11.8 Å². The summed E-state index contributed by atoms with van der Waals surface area (Å²) < 4.78 is 6.76. The molecule has 6 nitrogen and oxygen atoms in total. The molecule has 0 aliphatic rings. The topological polar surface area (TPSA) is 77.2 Å². The summed E-state index contributed by atoms with van der Waals surface area (Å²) in [5.41, 5.74) is 1.37. The van der Waals surface area contributed by atoms with Gasteiger partial charge in [0.1, 0.15) is 17.1 Å². The van der Waals surface area contributed by atoms with Crippen LogP contribution in [0.5, 0.6) is 5.75 Å². The zero-order valence-corrected chi connectivity index (χ0v) is 12.9. The summed E-state index contributed by atoms with van der Waals surface area (Å²) in [6.45, 7) is 0. The molecule has 0 aliphatic carbocycles. The molecule has 1 N–H and O–H groups in total. The molecule has 0 radical (unpaired) electrons. The van der Waals surface area contributed by atoms with Crippen LogP contribution < -0.4 is 4.74 Å². The van der Waals surface area contributed by atoms with E-state index in [0.717, 1.165) is 0 Å². The molecule has 3 aromatic rings. The third kappa shape index (κ3) is 2.76. The van der Waals surface area contributed by atoms with Crippen molar-refractivity contribution in [2.45, 2.75) is 0 Å². The van der Waals surface area contributed by atoms with Gasteiger partial charge in [0, 0.05) is 10.6 Å². The van der Waals surface area contributed by atoms with Crippen molar-refractivity contribution in [1.82, 2.24) is 15.0 Å². The average Bonchev–Trinajstić information content (AvgIpc) is 2.99. The monoisotopic (exact) mass is 329 g/mol. The summed E-state index contributed by atoms with van der Waals surface area (Å²) in [6, 6.07) is 14.0. The van der Waals surface area contributed by atoms with Crippen LogP contribution in [-0.2, 0) is 0 Å². The van der Waals surface area contributed by atoms with E-state index >= 15 is 0 Å². The lowest BCUT2D eigenvalue weighted by Gasteiger charge is -2.11. The Labute approximate surface area is 136 Å². The van der Waals surface area contributed by atoms with Crippen molar-refractivity contribution < 1.29 is 14.6 Å². The van der Waals surface area contributed by atoms with Crippen molar-refractivity contribution in [3.8, 4) is 22.7 Å². The first kappa shape index (κ1) is 15.1.